The Bertz CT molecular complexity index is 306. The Morgan fingerprint density at radius 3 is 2.58 bits per heavy atom. The Kier molecular flexibility index (Phi) is 3.06. The number of benzene rings is 1. The van der Waals surface area contributed by atoms with Crippen LogP contribution in [0.4, 0.5) is 8.78 Å². The second-order valence-corrected chi connectivity index (χ2v) is 3.02. The second kappa shape index (κ2) is 4.07. The summed E-state index contributed by atoms with van der Waals surface area (Å²) in [6.07, 6.45) is 0. The number of hydrogen-bond acceptors (Lipinski definition) is 2. The van der Waals surface area contributed by atoms with Crippen LogP contribution in [0, 0.1) is 11.3 Å². The summed E-state index contributed by atoms with van der Waals surface area (Å²) < 4.78 is 23.8. The van der Waals surface area contributed by atoms with Crippen LogP contribution in [0.1, 0.15) is 5.56 Å². The third-order valence-electron chi connectivity index (χ3n) is 1.22. The van der Waals surface area contributed by atoms with E-state index in [9.17, 15) is 8.78 Å². The number of nitriles is 1. The van der Waals surface area contributed by atoms with Crippen molar-refractivity contribution in [1.82, 2.24) is 0 Å². The van der Waals surface area contributed by atoms with Gasteiger partial charge in [0.15, 0.2) is 0 Å². The number of hydrogen-bond donors (Lipinski definition) is 0. The first kappa shape index (κ1) is 9.01. The van der Waals surface area contributed by atoms with E-state index < -0.39 is 5.76 Å². The van der Waals surface area contributed by atoms with Gasteiger partial charge in [0.25, 0.3) is 5.76 Å². The van der Waals surface area contributed by atoms with E-state index in [1.54, 1.807) is 12.1 Å². The molecule has 0 bridgehead atoms. The van der Waals surface area contributed by atoms with Gasteiger partial charge in [0.05, 0.1) is 5.56 Å². The van der Waals surface area contributed by atoms with Crippen LogP contribution in [-0.2, 0) is 0 Å². The molecule has 1 rings (SSSR count). The van der Waals surface area contributed by atoms with Crippen molar-refractivity contribution in [1.29, 1.82) is 5.26 Å². The molecule has 4 heteroatoms. The highest BCUT2D eigenvalue weighted by molar-refractivity contribution is 7.99. The molecule has 0 N–H and O–H groups in total. The van der Waals surface area contributed by atoms with Crippen molar-refractivity contribution in [2.24, 2.45) is 0 Å². The van der Waals surface area contributed by atoms with Gasteiger partial charge in [0.1, 0.15) is 6.07 Å². The maximum Gasteiger partial charge on any atom is 0.288 e. The first-order chi connectivity index (χ1) is 5.74. The van der Waals surface area contributed by atoms with E-state index >= 15 is 0 Å². The minimum absolute atomic E-state index is 0.294. The highest BCUT2D eigenvalue weighted by Gasteiger charge is 2.08. The van der Waals surface area contributed by atoms with E-state index in [1.165, 1.54) is 12.1 Å². The fourth-order valence-electron chi connectivity index (χ4n) is 0.758. The quantitative estimate of drug-likeness (QED) is 0.661. The molecule has 62 valence electrons. The molecule has 0 unspecified atom stereocenters. The van der Waals surface area contributed by atoms with Crippen molar-refractivity contribution in [3.8, 4) is 6.07 Å². The lowest BCUT2D eigenvalue weighted by Crippen LogP contribution is -1.85. The monoisotopic (exact) mass is 185 g/mol. The molecule has 0 saturated heterocycles. The molecule has 0 aliphatic carbocycles. The maximum atomic E-state index is 11.9. The van der Waals surface area contributed by atoms with Crippen LogP contribution >= 0.6 is 11.8 Å². The van der Waals surface area contributed by atoms with Crippen LogP contribution in [0.3, 0.4) is 0 Å². The molecular weight excluding hydrogens is 180 g/mol. The van der Waals surface area contributed by atoms with Crippen molar-refractivity contribution >= 4 is 11.8 Å². The van der Waals surface area contributed by atoms with E-state index in [0.717, 1.165) is 0 Å². The lowest BCUT2D eigenvalue weighted by atomic mass is 10.2. The van der Waals surface area contributed by atoms with Crippen molar-refractivity contribution in [2.45, 2.75) is 10.7 Å². The summed E-state index contributed by atoms with van der Waals surface area (Å²) in [6.45, 7) is 0. The zero-order chi connectivity index (χ0) is 8.97. The Labute approximate surface area is 73.0 Å². The van der Waals surface area contributed by atoms with Crippen LogP contribution in [0.15, 0.2) is 29.2 Å². The van der Waals surface area contributed by atoms with Gasteiger partial charge in [-0.15, -0.1) is 0 Å². The first-order valence-electron chi connectivity index (χ1n) is 3.18. The van der Waals surface area contributed by atoms with Crippen molar-refractivity contribution in [2.75, 3.05) is 0 Å². The van der Waals surface area contributed by atoms with Gasteiger partial charge in [-0.25, -0.2) is 0 Å². The zero-order valence-corrected chi connectivity index (χ0v) is 6.81. The summed E-state index contributed by atoms with van der Waals surface area (Å²) in [7, 11) is 0. The second-order valence-electron chi connectivity index (χ2n) is 1.99. The molecule has 0 aliphatic heterocycles. The van der Waals surface area contributed by atoms with Crippen LogP contribution in [0.2, 0.25) is 0 Å². The van der Waals surface area contributed by atoms with E-state index in [4.69, 9.17) is 5.26 Å². The predicted molar refractivity (Wildman–Crippen MR) is 43.0 cm³/mol. The molecule has 1 aromatic rings. The van der Waals surface area contributed by atoms with E-state index in [-0.39, 0.29) is 0 Å². The third-order valence-corrected chi connectivity index (χ3v) is 2.01. The molecule has 0 fully saturated rings. The van der Waals surface area contributed by atoms with E-state index in [0.29, 0.717) is 22.2 Å². The molecule has 0 aliphatic rings. The Hall–Kier alpha value is -1.08. The van der Waals surface area contributed by atoms with Crippen LogP contribution < -0.4 is 0 Å². The standard InChI is InChI=1S/C8H5F2NS/c9-8(10)12-7-4-2-1-3-6(7)5-11/h1-4,8H. The van der Waals surface area contributed by atoms with E-state index in [1.807, 2.05) is 6.07 Å². The minimum Gasteiger partial charge on any atom is -0.198 e. The van der Waals surface area contributed by atoms with Crippen molar-refractivity contribution in [3.63, 3.8) is 0 Å². The number of alkyl halides is 2. The normalized spacial score (nSPS) is 9.83. The van der Waals surface area contributed by atoms with Gasteiger partial charge in [0, 0.05) is 4.90 Å². The molecule has 0 amide bonds. The molecule has 1 nitrogen and oxygen atoms in total. The molecule has 1 aromatic carbocycles. The summed E-state index contributed by atoms with van der Waals surface area (Å²) in [5, 5.41) is 8.52. The Balaban J connectivity index is 2.91. The van der Waals surface area contributed by atoms with Gasteiger partial charge in [-0.05, 0) is 12.1 Å². The number of thioether (sulfide) groups is 1. The van der Waals surface area contributed by atoms with Crippen LogP contribution in [0.25, 0.3) is 0 Å². The van der Waals surface area contributed by atoms with Crippen molar-refractivity contribution in [3.05, 3.63) is 29.8 Å². The van der Waals surface area contributed by atoms with Crippen LogP contribution in [-0.4, -0.2) is 5.76 Å². The van der Waals surface area contributed by atoms with E-state index in [2.05, 4.69) is 0 Å². The highest BCUT2D eigenvalue weighted by atomic mass is 32.2. The number of nitrogens with zero attached hydrogens (tertiary/aromatic N) is 1. The average Bonchev–Trinajstić information content (AvgIpc) is 2.04. The molecule has 12 heavy (non-hydrogen) atoms. The van der Waals surface area contributed by atoms with Gasteiger partial charge in [-0.2, -0.15) is 14.0 Å². The Morgan fingerprint density at radius 2 is 2.00 bits per heavy atom. The third kappa shape index (κ3) is 2.21. The predicted octanol–water partition coefficient (Wildman–Crippen LogP) is 2.87. The number of rotatable bonds is 2. The topological polar surface area (TPSA) is 23.8 Å². The molecular formula is C8H5F2NS. The molecule has 0 spiro atoms. The lowest BCUT2D eigenvalue weighted by molar-refractivity contribution is 0.252. The fraction of sp³-hybridized carbons (Fsp3) is 0.125. The molecule has 0 heterocycles. The molecule has 0 aromatic heterocycles. The summed E-state index contributed by atoms with van der Waals surface area (Å²) in [4.78, 5) is 0.329. The summed E-state index contributed by atoms with van der Waals surface area (Å²) in [5.74, 6) is -2.47. The molecule has 0 atom stereocenters. The summed E-state index contributed by atoms with van der Waals surface area (Å²) in [6, 6.07) is 8.15. The SMILES string of the molecule is N#Cc1ccccc1SC(F)F. The summed E-state index contributed by atoms with van der Waals surface area (Å²) >= 11 is 0.394. The average molecular weight is 185 g/mol. The van der Waals surface area contributed by atoms with Gasteiger partial charge < -0.3 is 0 Å². The molecule has 0 saturated carbocycles. The first-order valence-corrected chi connectivity index (χ1v) is 4.06. The lowest BCUT2D eigenvalue weighted by Gasteiger charge is -2.00. The van der Waals surface area contributed by atoms with Gasteiger partial charge in [-0.3, -0.25) is 0 Å². The molecule has 0 radical (unpaired) electrons. The fourth-order valence-corrected chi connectivity index (χ4v) is 1.35. The van der Waals surface area contributed by atoms with Crippen LogP contribution in [0.5, 0.6) is 0 Å². The minimum atomic E-state index is -2.47. The smallest absolute Gasteiger partial charge is 0.198 e. The van der Waals surface area contributed by atoms with Gasteiger partial charge in [-0.1, -0.05) is 23.9 Å². The highest BCUT2D eigenvalue weighted by Crippen LogP contribution is 2.27. The van der Waals surface area contributed by atoms with Gasteiger partial charge in [0.2, 0.25) is 0 Å². The summed E-state index contributed by atoms with van der Waals surface area (Å²) in [5.41, 5.74) is 0.294. The van der Waals surface area contributed by atoms with Gasteiger partial charge >= 0.3 is 0 Å². The zero-order valence-electron chi connectivity index (χ0n) is 6.00. The largest absolute Gasteiger partial charge is 0.288 e. The Morgan fingerprint density at radius 1 is 1.33 bits per heavy atom. The maximum absolute atomic E-state index is 11.9. The number of halogens is 2. The van der Waals surface area contributed by atoms with Crippen molar-refractivity contribution < 1.29 is 8.78 Å².